The molecule has 2 aromatic carbocycles. The summed E-state index contributed by atoms with van der Waals surface area (Å²) >= 11 is 0. The van der Waals surface area contributed by atoms with E-state index in [0.29, 0.717) is 18.8 Å². The number of esters is 1. The molecule has 0 aliphatic heterocycles. The lowest BCUT2D eigenvalue weighted by Crippen LogP contribution is -2.42. The Balaban J connectivity index is 1.93. The minimum Gasteiger partial charge on any atom is -0.497 e. The Labute approximate surface area is 185 Å². The van der Waals surface area contributed by atoms with Crippen molar-refractivity contribution >= 4 is 5.97 Å². The van der Waals surface area contributed by atoms with E-state index in [1.165, 1.54) is 0 Å². The van der Waals surface area contributed by atoms with Crippen LogP contribution in [-0.4, -0.2) is 46.3 Å². The standard InChI is InChI=1S/C25H34O6/c1-19(15-30-24(26)21-9-7-6-8-10-21)23(31-18-27-4)25(2,3)17-29-16-20-11-13-22(28-5)14-12-20/h6-14,19,23H,15-18H2,1-5H3/t19-,23-/m0/s1. The third-order valence-electron chi connectivity index (χ3n) is 5.04. The van der Waals surface area contributed by atoms with E-state index in [1.807, 2.05) is 49.4 Å². The largest absolute Gasteiger partial charge is 0.497 e. The first kappa shape index (κ1) is 24.9. The average molecular weight is 431 g/mol. The van der Waals surface area contributed by atoms with Crippen LogP contribution in [0.2, 0.25) is 0 Å². The van der Waals surface area contributed by atoms with Gasteiger partial charge in [-0.1, -0.05) is 51.1 Å². The lowest BCUT2D eigenvalue weighted by molar-refractivity contribution is -0.152. The van der Waals surface area contributed by atoms with Crippen LogP contribution in [0, 0.1) is 11.3 Å². The summed E-state index contributed by atoms with van der Waals surface area (Å²) < 4.78 is 27.8. The fourth-order valence-corrected chi connectivity index (χ4v) is 3.49. The maximum atomic E-state index is 12.3. The predicted octanol–water partition coefficient (Wildman–Crippen LogP) is 4.72. The number of carbonyl (C=O) groups excluding carboxylic acids is 1. The summed E-state index contributed by atoms with van der Waals surface area (Å²) in [5, 5.41) is 0. The summed E-state index contributed by atoms with van der Waals surface area (Å²) in [5.41, 5.74) is 1.27. The molecule has 0 radical (unpaired) electrons. The summed E-state index contributed by atoms with van der Waals surface area (Å²) in [7, 11) is 3.23. The Morgan fingerprint density at radius 2 is 1.68 bits per heavy atom. The highest BCUT2D eigenvalue weighted by Crippen LogP contribution is 2.30. The highest BCUT2D eigenvalue weighted by Gasteiger charge is 2.36. The summed E-state index contributed by atoms with van der Waals surface area (Å²) in [4.78, 5) is 12.3. The molecule has 0 aliphatic carbocycles. The molecule has 0 saturated carbocycles. The van der Waals surface area contributed by atoms with Crippen molar-refractivity contribution in [2.45, 2.75) is 33.5 Å². The molecule has 0 heterocycles. The van der Waals surface area contributed by atoms with Crippen molar-refractivity contribution in [3.63, 3.8) is 0 Å². The Kier molecular flexibility index (Phi) is 9.98. The maximum absolute atomic E-state index is 12.3. The van der Waals surface area contributed by atoms with Gasteiger partial charge in [-0.05, 0) is 29.8 Å². The molecule has 6 nitrogen and oxygen atoms in total. The van der Waals surface area contributed by atoms with Crippen LogP contribution < -0.4 is 4.74 Å². The highest BCUT2D eigenvalue weighted by molar-refractivity contribution is 5.89. The molecule has 2 rings (SSSR count). The van der Waals surface area contributed by atoms with Gasteiger partial charge >= 0.3 is 5.97 Å². The number of carbonyl (C=O) groups is 1. The van der Waals surface area contributed by atoms with Gasteiger partial charge in [0.15, 0.2) is 0 Å². The number of ether oxygens (including phenoxy) is 5. The molecular weight excluding hydrogens is 396 g/mol. The predicted molar refractivity (Wildman–Crippen MR) is 119 cm³/mol. The summed E-state index contributed by atoms with van der Waals surface area (Å²) in [5.74, 6) is 0.421. The molecule has 0 bridgehead atoms. The molecular formula is C25H34O6. The van der Waals surface area contributed by atoms with E-state index in [1.54, 1.807) is 26.4 Å². The van der Waals surface area contributed by atoms with E-state index < -0.39 is 0 Å². The Morgan fingerprint density at radius 1 is 1.00 bits per heavy atom. The molecule has 0 saturated heterocycles. The van der Waals surface area contributed by atoms with Gasteiger partial charge < -0.3 is 23.7 Å². The van der Waals surface area contributed by atoms with Crippen LogP contribution in [0.5, 0.6) is 5.75 Å². The molecule has 2 aromatic rings. The van der Waals surface area contributed by atoms with Gasteiger partial charge in [0, 0.05) is 18.4 Å². The molecule has 0 unspecified atom stereocenters. The molecule has 0 aromatic heterocycles. The van der Waals surface area contributed by atoms with Crippen molar-refractivity contribution in [1.82, 2.24) is 0 Å². The van der Waals surface area contributed by atoms with Crippen molar-refractivity contribution in [3.05, 3.63) is 65.7 Å². The monoisotopic (exact) mass is 430 g/mol. The molecule has 6 heteroatoms. The second-order valence-electron chi connectivity index (χ2n) is 8.27. The van der Waals surface area contributed by atoms with Crippen molar-refractivity contribution in [2.75, 3.05) is 34.2 Å². The SMILES string of the molecule is COCO[C@@H]([C@@H](C)COC(=O)c1ccccc1)C(C)(C)COCc1ccc(OC)cc1. The Morgan fingerprint density at radius 3 is 2.29 bits per heavy atom. The summed E-state index contributed by atoms with van der Waals surface area (Å²) in [6, 6.07) is 16.8. The molecule has 0 amide bonds. The van der Waals surface area contributed by atoms with Crippen LogP contribution in [0.3, 0.4) is 0 Å². The Hall–Kier alpha value is -2.41. The number of hydrogen-bond donors (Lipinski definition) is 0. The van der Waals surface area contributed by atoms with E-state index in [2.05, 4.69) is 13.8 Å². The van der Waals surface area contributed by atoms with Crippen LogP contribution >= 0.6 is 0 Å². The fourth-order valence-electron chi connectivity index (χ4n) is 3.49. The van der Waals surface area contributed by atoms with Gasteiger partial charge in [-0.3, -0.25) is 0 Å². The number of methoxy groups -OCH3 is 2. The van der Waals surface area contributed by atoms with Gasteiger partial charge in [-0.2, -0.15) is 0 Å². The van der Waals surface area contributed by atoms with Crippen LogP contribution in [0.4, 0.5) is 0 Å². The van der Waals surface area contributed by atoms with Crippen LogP contribution in [0.15, 0.2) is 54.6 Å². The van der Waals surface area contributed by atoms with E-state index in [-0.39, 0.29) is 36.8 Å². The zero-order valence-corrected chi connectivity index (χ0v) is 19.1. The molecule has 0 aliphatic rings. The fraction of sp³-hybridized carbons (Fsp3) is 0.480. The van der Waals surface area contributed by atoms with Gasteiger partial charge in [-0.15, -0.1) is 0 Å². The molecule has 2 atom stereocenters. The normalized spacial score (nSPS) is 13.5. The number of hydrogen-bond acceptors (Lipinski definition) is 6. The van der Waals surface area contributed by atoms with Gasteiger partial charge in [0.05, 0.1) is 38.6 Å². The number of benzene rings is 2. The zero-order valence-electron chi connectivity index (χ0n) is 19.1. The van der Waals surface area contributed by atoms with Crippen LogP contribution in [0.1, 0.15) is 36.7 Å². The third kappa shape index (κ3) is 7.98. The lowest BCUT2D eigenvalue weighted by atomic mass is 9.81. The van der Waals surface area contributed by atoms with Gasteiger partial charge in [0.1, 0.15) is 12.5 Å². The molecule has 0 N–H and O–H groups in total. The van der Waals surface area contributed by atoms with Gasteiger partial charge in [0.25, 0.3) is 0 Å². The van der Waals surface area contributed by atoms with Gasteiger partial charge in [0.2, 0.25) is 0 Å². The first-order chi connectivity index (χ1) is 14.9. The zero-order chi connectivity index (χ0) is 22.7. The molecule has 170 valence electrons. The van der Waals surface area contributed by atoms with Crippen molar-refractivity contribution in [2.24, 2.45) is 11.3 Å². The second-order valence-corrected chi connectivity index (χ2v) is 8.27. The molecule has 0 spiro atoms. The minimum atomic E-state index is -0.341. The first-order valence-electron chi connectivity index (χ1n) is 10.4. The minimum absolute atomic E-state index is 0.0533. The lowest BCUT2D eigenvalue weighted by Gasteiger charge is -2.37. The van der Waals surface area contributed by atoms with E-state index in [0.717, 1.165) is 11.3 Å². The van der Waals surface area contributed by atoms with E-state index >= 15 is 0 Å². The second kappa shape index (κ2) is 12.4. The van der Waals surface area contributed by atoms with Crippen molar-refractivity contribution in [3.8, 4) is 5.75 Å². The number of rotatable bonds is 13. The summed E-state index contributed by atoms with van der Waals surface area (Å²) in [6.07, 6.45) is -0.230. The maximum Gasteiger partial charge on any atom is 0.338 e. The van der Waals surface area contributed by atoms with Gasteiger partial charge in [-0.25, -0.2) is 4.79 Å². The molecule has 31 heavy (non-hydrogen) atoms. The average Bonchev–Trinajstić information content (AvgIpc) is 2.78. The first-order valence-corrected chi connectivity index (χ1v) is 10.4. The topological polar surface area (TPSA) is 63.2 Å². The van der Waals surface area contributed by atoms with E-state index in [9.17, 15) is 4.79 Å². The highest BCUT2D eigenvalue weighted by atomic mass is 16.7. The Bertz CT molecular complexity index is 772. The van der Waals surface area contributed by atoms with Crippen molar-refractivity contribution < 1.29 is 28.5 Å². The van der Waals surface area contributed by atoms with Crippen molar-refractivity contribution in [1.29, 1.82) is 0 Å². The summed E-state index contributed by atoms with van der Waals surface area (Å²) in [6.45, 7) is 7.53. The third-order valence-corrected chi connectivity index (χ3v) is 5.04. The quantitative estimate of drug-likeness (QED) is 0.338. The van der Waals surface area contributed by atoms with Crippen LogP contribution in [-0.2, 0) is 25.6 Å². The smallest absolute Gasteiger partial charge is 0.338 e. The van der Waals surface area contributed by atoms with E-state index in [4.69, 9.17) is 23.7 Å². The van der Waals surface area contributed by atoms with Crippen LogP contribution in [0.25, 0.3) is 0 Å². The molecule has 0 fully saturated rings.